The van der Waals surface area contributed by atoms with Crippen molar-refractivity contribution in [3.8, 4) is 0 Å². The van der Waals surface area contributed by atoms with E-state index < -0.39 is 23.1 Å². The van der Waals surface area contributed by atoms with Crippen LogP contribution < -0.4 is 5.32 Å². The second-order valence-corrected chi connectivity index (χ2v) is 9.66. The molecule has 11 heteroatoms. The van der Waals surface area contributed by atoms with Gasteiger partial charge >= 0.3 is 6.09 Å². The smallest absolute Gasteiger partial charge is 0.414 e. The first-order chi connectivity index (χ1) is 14.0. The number of rotatable bonds is 6. The highest BCUT2D eigenvalue weighted by atomic mass is 79.9. The third kappa shape index (κ3) is 7.07. The van der Waals surface area contributed by atoms with Crippen LogP contribution in [-0.4, -0.2) is 51.9 Å². The van der Waals surface area contributed by atoms with Gasteiger partial charge in [0, 0.05) is 12.3 Å². The molecule has 1 atom stereocenters. The molecule has 0 saturated heterocycles. The van der Waals surface area contributed by atoms with E-state index in [0.717, 1.165) is 0 Å². The molecule has 1 aliphatic rings. The van der Waals surface area contributed by atoms with Gasteiger partial charge in [0.1, 0.15) is 27.3 Å². The van der Waals surface area contributed by atoms with Crippen LogP contribution in [0.3, 0.4) is 0 Å². The number of carbonyl (C=O) groups is 1. The van der Waals surface area contributed by atoms with Crippen molar-refractivity contribution in [2.75, 3.05) is 18.8 Å². The molecule has 164 valence electrons. The Balaban J connectivity index is 2.27. The minimum absolute atomic E-state index is 0.188. The number of unbranched alkanes of at least 4 members (excludes halogenated alkanes) is 1. The van der Waals surface area contributed by atoms with E-state index in [0.29, 0.717) is 36.3 Å². The van der Waals surface area contributed by atoms with Gasteiger partial charge in [-0.05, 0) is 80.5 Å². The van der Waals surface area contributed by atoms with Gasteiger partial charge in [-0.2, -0.15) is 0 Å². The number of guanidine groups is 1. The number of isocyanates is 1. The van der Waals surface area contributed by atoms with E-state index in [9.17, 15) is 14.0 Å². The lowest BCUT2D eigenvalue weighted by molar-refractivity contribution is 0.0558. The number of aliphatic imine (C=N–C) groups is 2. The maximum absolute atomic E-state index is 14.5. The van der Waals surface area contributed by atoms with Crippen molar-refractivity contribution >= 4 is 46.0 Å². The van der Waals surface area contributed by atoms with E-state index in [1.54, 1.807) is 27.7 Å². The van der Waals surface area contributed by atoms with E-state index in [1.807, 2.05) is 4.31 Å². The zero-order chi connectivity index (χ0) is 22.4. The number of hydrogen-bond donors (Lipinski definition) is 1. The van der Waals surface area contributed by atoms with Crippen molar-refractivity contribution < 1.29 is 18.7 Å². The SMILES string of the molecule is CC(C)(C)OC(=O)NC1=N[C@](C)(c2nc(Br)ccc2F)CSN1CCCCN=C=O. The van der Waals surface area contributed by atoms with Gasteiger partial charge in [-0.25, -0.2) is 28.9 Å². The van der Waals surface area contributed by atoms with Crippen LogP contribution in [0.2, 0.25) is 0 Å². The van der Waals surface area contributed by atoms with E-state index in [2.05, 4.69) is 36.2 Å². The molecule has 0 aromatic carbocycles. The monoisotopic (exact) mass is 501 g/mol. The van der Waals surface area contributed by atoms with Crippen LogP contribution in [0.15, 0.2) is 26.7 Å². The molecule has 8 nitrogen and oxygen atoms in total. The molecule has 2 heterocycles. The Morgan fingerprint density at radius 1 is 1.47 bits per heavy atom. The molecule has 0 unspecified atom stereocenters. The Kier molecular flexibility index (Phi) is 8.40. The quantitative estimate of drug-likeness (QED) is 0.206. The number of halogens is 2. The van der Waals surface area contributed by atoms with Gasteiger partial charge in [0.2, 0.25) is 12.0 Å². The molecule has 0 radical (unpaired) electrons. The molecule has 30 heavy (non-hydrogen) atoms. The third-order valence-corrected chi connectivity index (χ3v) is 5.77. The van der Waals surface area contributed by atoms with Crippen molar-refractivity contribution in [1.82, 2.24) is 14.6 Å². The van der Waals surface area contributed by atoms with E-state index in [1.165, 1.54) is 30.2 Å². The predicted octanol–water partition coefficient (Wildman–Crippen LogP) is 4.16. The van der Waals surface area contributed by atoms with Gasteiger partial charge in [0.05, 0.1) is 6.54 Å². The maximum atomic E-state index is 14.5. The lowest BCUT2D eigenvalue weighted by atomic mass is 10.00. The van der Waals surface area contributed by atoms with Crippen LogP contribution in [0, 0.1) is 5.82 Å². The molecular weight excluding hydrogens is 477 g/mol. The standard InChI is InChI=1S/C19H25BrFN5O3S/c1-18(2,3)29-17(28)24-16-25-19(4,15-13(21)7-8-14(20)23-15)11-30-26(16)10-6-5-9-22-12-27/h7-8H,5-6,9-11H2,1-4H3,(H,24,25,28)/t19-/m0/s1. The highest BCUT2D eigenvalue weighted by molar-refractivity contribution is 9.10. The minimum atomic E-state index is -0.985. The summed E-state index contributed by atoms with van der Waals surface area (Å²) in [5, 5.41) is 2.68. The van der Waals surface area contributed by atoms with Gasteiger partial charge in [0.15, 0.2) is 0 Å². The molecule has 1 amide bonds. The van der Waals surface area contributed by atoms with Gasteiger partial charge in [0.25, 0.3) is 0 Å². The lowest BCUT2D eigenvalue weighted by Gasteiger charge is -2.36. The number of ether oxygens (including phenoxy) is 1. The van der Waals surface area contributed by atoms with Gasteiger partial charge in [-0.15, -0.1) is 0 Å². The second-order valence-electron chi connectivity index (χ2n) is 7.86. The van der Waals surface area contributed by atoms with Gasteiger partial charge in [-0.1, -0.05) is 0 Å². The van der Waals surface area contributed by atoms with E-state index >= 15 is 0 Å². The zero-order valence-corrected chi connectivity index (χ0v) is 19.8. The van der Waals surface area contributed by atoms with Crippen LogP contribution >= 0.6 is 27.9 Å². The first-order valence-corrected chi connectivity index (χ1v) is 11.1. The molecule has 1 aromatic rings. The molecule has 0 fully saturated rings. The predicted molar refractivity (Wildman–Crippen MR) is 117 cm³/mol. The van der Waals surface area contributed by atoms with Crippen LogP contribution in [0.25, 0.3) is 0 Å². The molecule has 2 rings (SSSR count). The average molecular weight is 502 g/mol. The van der Waals surface area contributed by atoms with E-state index in [4.69, 9.17) is 4.74 Å². The molecule has 0 bridgehead atoms. The van der Waals surface area contributed by atoms with Crippen molar-refractivity contribution in [1.29, 1.82) is 0 Å². The van der Waals surface area contributed by atoms with Gasteiger partial charge in [-0.3, -0.25) is 9.62 Å². The Morgan fingerprint density at radius 3 is 2.87 bits per heavy atom. The third-order valence-electron chi connectivity index (χ3n) is 3.97. The fourth-order valence-corrected chi connectivity index (χ4v) is 4.04. The average Bonchev–Trinajstić information content (AvgIpc) is 2.63. The topological polar surface area (TPSA) is 96.2 Å². The number of pyridine rings is 1. The fourth-order valence-electron chi connectivity index (χ4n) is 2.65. The number of nitrogens with one attached hydrogen (secondary N) is 1. The molecule has 0 aliphatic carbocycles. The minimum Gasteiger partial charge on any atom is -0.444 e. The lowest BCUT2D eigenvalue weighted by Crippen LogP contribution is -2.48. The van der Waals surface area contributed by atoms with Crippen molar-refractivity contribution in [2.24, 2.45) is 9.98 Å². The summed E-state index contributed by atoms with van der Waals surface area (Å²) in [6.07, 6.45) is 2.27. The highest BCUT2D eigenvalue weighted by Crippen LogP contribution is 2.36. The van der Waals surface area contributed by atoms with E-state index in [-0.39, 0.29) is 11.7 Å². The highest BCUT2D eigenvalue weighted by Gasteiger charge is 2.38. The summed E-state index contributed by atoms with van der Waals surface area (Å²) in [6.45, 7) is 8.00. The summed E-state index contributed by atoms with van der Waals surface area (Å²) in [6, 6.07) is 2.86. The summed E-state index contributed by atoms with van der Waals surface area (Å²) < 4.78 is 22.2. The summed E-state index contributed by atoms with van der Waals surface area (Å²) in [4.78, 5) is 35.0. The Bertz CT molecular complexity index is 857. The molecular formula is C19H25BrFN5O3S. The van der Waals surface area contributed by atoms with Crippen LogP contribution in [0.4, 0.5) is 9.18 Å². The first-order valence-electron chi connectivity index (χ1n) is 9.40. The number of alkyl carbamates (subject to hydrolysis) is 1. The molecule has 0 saturated carbocycles. The summed E-state index contributed by atoms with van der Waals surface area (Å²) in [7, 11) is 0. The summed E-state index contributed by atoms with van der Waals surface area (Å²) >= 11 is 4.69. The van der Waals surface area contributed by atoms with Gasteiger partial charge < -0.3 is 4.74 Å². The van der Waals surface area contributed by atoms with Crippen molar-refractivity contribution in [3.63, 3.8) is 0 Å². The van der Waals surface area contributed by atoms with Crippen LogP contribution in [0.5, 0.6) is 0 Å². The normalized spacial score (nSPS) is 19.0. The molecule has 1 aliphatic heterocycles. The summed E-state index contributed by atoms with van der Waals surface area (Å²) in [5.41, 5.74) is -1.47. The second kappa shape index (κ2) is 10.4. The van der Waals surface area contributed by atoms with Crippen molar-refractivity contribution in [3.05, 3.63) is 28.2 Å². The Morgan fingerprint density at radius 2 is 2.20 bits per heavy atom. The zero-order valence-electron chi connectivity index (χ0n) is 17.4. The Hall–Kier alpha value is -1.97. The molecule has 0 spiro atoms. The van der Waals surface area contributed by atoms with Crippen LogP contribution in [-0.2, 0) is 15.1 Å². The molecule has 1 N–H and O–H groups in total. The summed E-state index contributed by atoms with van der Waals surface area (Å²) in [5.74, 6) is 0.226. The Labute approximate surface area is 188 Å². The number of carbonyl (C=O) groups excluding carboxylic acids is 2. The number of aromatic nitrogens is 1. The maximum Gasteiger partial charge on any atom is 0.414 e. The van der Waals surface area contributed by atoms with Crippen molar-refractivity contribution in [2.45, 2.75) is 51.7 Å². The molecule has 1 aromatic heterocycles. The first kappa shape index (κ1) is 24.3. The number of hydrogen-bond acceptors (Lipinski definition) is 8. The fraction of sp³-hybridized carbons (Fsp3) is 0.579. The number of nitrogens with zero attached hydrogens (tertiary/aromatic N) is 4. The largest absolute Gasteiger partial charge is 0.444 e. The number of amides is 1. The van der Waals surface area contributed by atoms with Crippen LogP contribution in [0.1, 0.15) is 46.2 Å².